The van der Waals surface area contributed by atoms with Crippen molar-refractivity contribution in [1.82, 2.24) is 9.97 Å². The monoisotopic (exact) mass is 277 g/mol. The molecule has 3 nitrogen and oxygen atoms in total. The van der Waals surface area contributed by atoms with Crippen molar-refractivity contribution in [2.24, 2.45) is 0 Å². The van der Waals surface area contributed by atoms with Crippen LogP contribution in [-0.4, -0.2) is 9.97 Å². The molecule has 0 aliphatic heterocycles. The van der Waals surface area contributed by atoms with Gasteiger partial charge >= 0.3 is 0 Å². The predicted octanol–water partition coefficient (Wildman–Crippen LogP) is 2.10. The summed E-state index contributed by atoms with van der Waals surface area (Å²) in [6, 6.07) is 0. The Labute approximate surface area is 85.9 Å². The standard InChI is InChI=1S/C8H12IN3/c1-4(2)8-11-5(3)6(9)7(10)12-8/h4H,1-3H3,(H2,10,11,12). The van der Waals surface area contributed by atoms with E-state index in [4.69, 9.17) is 5.73 Å². The van der Waals surface area contributed by atoms with Crippen LogP contribution in [0.2, 0.25) is 0 Å². The first-order valence-electron chi connectivity index (χ1n) is 3.82. The van der Waals surface area contributed by atoms with Crippen LogP contribution in [0.5, 0.6) is 0 Å². The van der Waals surface area contributed by atoms with Crippen molar-refractivity contribution in [3.05, 3.63) is 15.1 Å². The molecule has 0 aromatic carbocycles. The first-order valence-corrected chi connectivity index (χ1v) is 4.89. The van der Waals surface area contributed by atoms with E-state index in [1.165, 1.54) is 0 Å². The Balaban J connectivity index is 3.21. The summed E-state index contributed by atoms with van der Waals surface area (Å²) in [5, 5.41) is 0. The highest BCUT2D eigenvalue weighted by molar-refractivity contribution is 14.1. The molecule has 0 radical (unpaired) electrons. The van der Waals surface area contributed by atoms with Crippen molar-refractivity contribution < 1.29 is 0 Å². The Bertz CT molecular complexity index is 273. The highest BCUT2D eigenvalue weighted by Gasteiger charge is 2.08. The van der Waals surface area contributed by atoms with Gasteiger partial charge in [-0.1, -0.05) is 13.8 Å². The minimum atomic E-state index is 0.336. The van der Waals surface area contributed by atoms with E-state index in [0.717, 1.165) is 15.1 Å². The second-order valence-corrected chi connectivity index (χ2v) is 4.10. The molecule has 0 saturated heterocycles. The molecule has 0 saturated carbocycles. The van der Waals surface area contributed by atoms with Crippen LogP contribution in [0.25, 0.3) is 0 Å². The minimum absolute atomic E-state index is 0.336. The van der Waals surface area contributed by atoms with Gasteiger partial charge in [-0.3, -0.25) is 0 Å². The first kappa shape index (κ1) is 9.70. The molecule has 1 rings (SSSR count). The molecule has 66 valence electrons. The van der Waals surface area contributed by atoms with Crippen molar-refractivity contribution in [2.45, 2.75) is 26.7 Å². The van der Waals surface area contributed by atoms with E-state index in [1.807, 2.05) is 6.92 Å². The molecule has 2 N–H and O–H groups in total. The predicted molar refractivity (Wildman–Crippen MR) is 58.0 cm³/mol. The fourth-order valence-electron chi connectivity index (χ4n) is 0.862. The summed E-state index contributed by atoms with van der Waals surface area (Å²) >= 11 is 2.16. The Kier molecular flexibility index (Phi) is 2.87. The fraction of sp³-hybridized carbons (Fsp3) is 0.500. The number of aromatic nitrogens is 2. The number of nitrogen functional groups attached to an aromatic ring is 1. The van der Waals surface area contributed by atoms with Gasteiger partial charge in [0.25, 0.3) is 0 Å². The van der Waals surface area contributed by atoms with Gasteiger partial charge in [-0.15, -0.1) is 0 Å². The minimum Gasteiger partial charge on any atom is -0.383 e. The molecule has 0 bridgehead atoms. The van der Waals surface area contributed by atoms with Crippen molar-refractivity contribution in [1.29, 1.82) is 0 Å². The summed E-state index contributed by atoms with van der Waals surface area (Å²) in [5.74, 6) is 1.75. The van der Waals surface area contributed by atoms with Gasteiger partial charge in [0.2, 0.25) is 0 Å². The smallest absolute Gasteiger partial charge is 0.140 e. The van der Waals surface area contributed by atoms with Crippen molar-refractivity contribution in [3.8, 4) is 0 Å². The van der Waals surface area contributed by atoms with Crippen molar-refractivity contribution in [3.63, 3.8) is 0 Å². The second-order valence-electron chi connectivity index (χ2n) is 3.02. The number of hydrogen-bond acceptors (Lipinski definition) is 3. The quantitative estimate of drug-likeness (QED) is 0.800. The van der Waals surface area contributed by atoms with E-state index in [9.17, 15) is 0 Å². The first-order chi connectivity index (χ1) is 5.52. The van der Waals surface area contributed by atoms with Crippen LogP contribution in [0.3, 0.4) is 0 Å². The summed E-state index contributed by atoms with van der Waals surface area (Å²) in [7, 11) is 0. The number of anilines is 1. The van der Waals surface area contributed by atoms with Crippen LogP contribution in [0.15, 0.2) is 0 Å². The lowest BCUT2D eigenvalue weighted by Crippen LogP contribution is -2.05. The molecule has 0 amide bonds. The van der Waals surface area contributed by atoms with Gasteiger partial charge in [0.15, 0.2) is 0 Å². The van der Waals surface area contributed by atoms with Gasteiger partial charge in [0.05, 0.1) is 9.26 Å². The van der Waals surface area contributed by atoms with Crippen molar-refractivity contribution in [2.75, 3.05) is 5.73 Å². The Morgan fingerprint density at radius 2 is 1.92 bits per heavy atom. The van der Waals surface area contributed by atoms with Gasteiger partial charge in [-0.2, -0.15) is 0 Å². The van der Waals surface area contributed by atoms with Crippen LogP contribution >= 0.6 is 22.6 Å². The molecule has 0 unspecified atom stereocenters. The molecule has 0 atom stereocenters. The molecule has 1 aromatic rings. The zero-order valence-corrected chi connectivity index (χ0v) is 9.58. The van der Waals surface area contributed by atoms with Gasteiger partial charge in [-0.25, -0.2) is 9.97 Å². The lowest BCUT2D eigenvalue weighted by atomic mass is 10.2. The van der Waals surface area contributed by atoms with Crippen LogP contribution in [0, 0.1) is 10.5 Å². The maximum absolute atomic E-state index is 5.70. The zero-order chi connectivity index (χ0) is 9.30. The van der Waals surface area contributed by atoms with Crippen LogP contribution in [0.1, 0.15) is 31.3 Å². The molecule has 1 aromatic heterocycles. The molecular weight excluding hydrogens is 265 g/mol. The Morgan fingerprint density at radius 3 is 2.33 bits per heavy atom. The van der Waals surface area contributed by atoms with E-state index >= 15 is 0 Å². The number of rotatable bonds is 1. The van der Waals surface area contributed by atoms with Crippen LogP contribution < -0.4 is 5.73 Å². The van der Waals surface area contributed by atoms with Crippen molar-refractivity contribution >= 4 is 28.4 Å². The van der Waals surface area contributed by atoms with E-state index in [0.29, 0.717) is 11.7 Å². The largest absolute Gasteiger partial charge is 0.383 e. The molecule has 0 aliphatic rings. The van der Waals surface area contributed by atoms with E-state index in [2.05, 4.69) is 46.4 Å². The van der Waals surface area contributed by atoms with Gasteiger partial charge < -0.3 is 5.73 Å². The lowest BCUT2D eigenvalue weighted by molar-refractivity contribution is 0.767. The topological polar surface area (TPSA) is 51.8 Å². The van der Waals surface area contributed by atoms with E-state index in [1.54, 1.807) is 0 Å². The maximum Gasteiger partial charge on any atom is 0.140 e. The Morgan fingerprint density at radius 1 is 1.33 bits per heavy atom. The third kappa shape index (κ3) is 1.85. The third-order valence-electron chi connectivity index (χ3n) is 1.58. The molecule has 0 spiro atoms. The van der Waals surface area contributed by atoms with Crippen LogP contribution in [-0.2, 0) is 0 Å². The highest BCUT2D eigenvalue weighted by Crippen LogP contribution is 2.18. The number of nitrogens with zero attached hydrogens (tertiary/aromatic N) is 2. The fourth-order valence-corrected chi connectivity index (χ4v) is 1.10. The van der Waals surface area contributed by atoms with Crippen LogP contribution in [0.4, 0.5) is 5.82 Å². The summed E-state index contributed by atoms with van der Waals surface area (Å²) in [6.45, 7) is 6.06. The molecule has 4 heteroatoms. The van der Waals surface area contributed by atoms with E-state index < -0.39 is 0 Å². The summed E-state index contributed by atoms with van der Waals surface area (Å²) in [4.78, 5) is 8.53. The summed E-state index contributed by atoms with van der Waals surface area (Å²) in [5.41, 5.74) is 6.67. The Hall–Kier alpha value is -0.390. The van der Waals surface area contributed by atoms with E-state index in [-0.39, 0.29) is 0 Å². The number of halogens is 1. The lowest BCUT2D eigenvalue weighted by Gasteiger charge is -2.07. The SMILES string of the molecule is Cc1nc(C(C)C)nc(N)c1I. The summed E-state index contributed by atoms with van der Waals surface area (Å²) < 4.78 is 0.956. The second kappa shape index (κ2) is 3.55. The zero-order valence-electron chi connectivity index (χ0n) is 7.43. The highest BCUT2D eigenvalue weighted by atomic mass is 127. The molecule has 0 aliphatic carbocycles. The normalized spacial score (nSPS) is 10.8. The average Bonchev–Trinajstić information content (AvgIpc) is 1.99. The average molecular weight is 277 g/mol. The third-order valence-corrected chi connectivity index (χ3v) is 2.91. The number of hydrogen-bond donors (Lipinski definition) is 1. The van der Waals surface area contributed by atoms with Gasteiger partial charge in [0.1, 0.15) is 11.6 Å². The summed E-state index contributed by atoms with van der Waals surface area (Å²) in [6.07, 6.45) is 0. The number of aryl methyl sites for hydroxylation is 1. The van der Waals surface area contributed by atoms with Gasteiger partial charge in [0, 0.05) is 5.92 Å². The number of nitrogens with two attached hydrogens (primary N) is 1. The van der Waals surface area contributed by atoms with Gasteiger partial charge in [-0.05, 0) is 29.5 Å². The molecular formula is C8H12IN3. The molecule has 0 fully saturated rings. The maximum atomic E-state index is 5.70. The molecule has 12 heavy (non-hydrogen) atoms. The molecule has 1 heterocycles.